The van der Waals surface area contributed by atoms with Crippen molar-refractivity contribution in [1.29, 1.82) is 0 Å². The first-order valence-electron chi connectivity index (χ1n) is 7.42. The number of hydrogen-bond donors (Lipinski definition) is 0. The van der Waals surface area contributed by atoms with Crippen molar-refractivity contribution < 1.29 is 0 Å². The molecular formula is C20H20. The highest BCUT2D eigenvalue weighted by Gasteiger charge is 2.05. The molecule has 1 aliphatic carbocycles. The van der Waals surface area contributed by atoms with Crippen molar-refractivity contribution in [2.75, 3.05) is 0 Å². The molecule has 0 nitrogen and oxygen atoms in total. The maximum absolute atomic E-state index is 2.31. The molecule has 0 spiro atoms. The predicted molar refractivity (Wildman–Crippen MR) is 87.6 cm³/mol. The van der Waals surface area contributed by atoms with Crippen LogP contribution in [0.5, 0.6) is 0 Å². The Labute approximate surface area is 121 Å². The molecule has 100 valence electrons. The Hall–Kier alpha value is -2.08. The van der Waals surface area contributed by atoms with E-state index in [9.17, 15) is 0 Å². The van der Waals surface area contributed by atoms with Gasteiger partial charge in [0.25, 0.3) is 0 Å². The van der Waals surface area contributed by atoms with Gasteiger partial charge in [0.2, 0.25) is 0 Å². The van der Waals surface area contributed by atoms with Crippen LogP contribution in [0.2, 0.25) is 0 Å². The fraction of sp³-hybridized carbons (Fsp3) is 0.200. The van der Waals surface area contributed by atoms with Gasteiger partial charge in [-0.05, 0) is 53.2 Å². The molecule has 0 aromatic heterocycles. The summed E-state index contributed by atoms with van der Waals surface area (Å²) in [5, 5.41) is 0. The molecule has 2 aromatic carbocycles. The van der Waals surface area contributed by atoms with Crippen molar-refractivity contribution >= 4 is 5.57 Å². The Morgan fingerprint density at radius 3 is 2.40 bits per heavy atom. The van der Waals surface area contributed by atoms with Gasteiger partial charge in [0.1, 0.15) is 0 Å². The van der Waals surface area contributed by atoms with Gasteiger partial charge in [-0.2, -0.15) is 0 Å². The predicted octanol–water partition coefficient (Wildman–Crippen LogP) is 5.65. The first kappa shape index (κ1) is 12.9. The van der Waals surface area contributed by atoms with E-state index in [2.05, 4.69) is 73.7 Å². The van der Waals surface area contributed by atoms with Crippen LogP contribution >= 0.6 is 0 Å². The van der Waals surface area contributed by atoms with Gasteiger partial charge in [-0.3, -0.25) is 0 Å². The average Bonchev–Trinajstić information content (AvgIpc) is 2.56. The van der Waals surface area contributed by atoms with E-state index in [4.69, 9.17) is 0 Å². The summed E-state index contributed by atoms with van der Waals surface area (Å²) in [5.41, 5.74) is 6.80. The van der Waals surface area contributed by atoms with Crippen LogP contribution in [0.1, 0.15) is 30.9 Å². The third-order valence-electron chi connectivity index (χ3n) is 3.94. The summed E-state index contributed by atoms with van der Waals surface area (Å²) in [4.78, 5) is 0. The third-order valence-corrected chi connectivity index (χ3v) is 3.94. The molecule has 1 aliphatic rings. The lowest BCUT2D eigenvalue weighted by molar-refractivity contribution is 1.05. The summed E-state index contributed by atoms with van der Waals surface area (Å²) in [5.74, 6) is 0. The zero-order valence-corrected chi connectivity index (χ0v) is 12.0. The van der Waals surface area contributed by atoms with Crippen molar-refractivity contribution in [3.8, 4) is 11.1 Å². The van der Waals surface area contributed by atoms with E-state index in [-0.39, 0.29) is 0 Å². The van der Waals surface area contributed by atoms with Crippen LogP contribution in [0.15, 0.2) is 66.8 Å². The largest absolute Gasteiger partial charge is 0.0842 e. The quantitative estimate of drug-likeness (QED) is 0.669. The molecule has 20 heavy (non-hydrogen) atoms. The molecule has 3 rings (SSSR count). The Morgan fingerprint density at radius 2 is 1.70 bits per heavy atom. The van der Waals surface area contributed by atoms with E-state index in [1.54, 1.807) is 0 Å². The number of hydrogen-bond acceptors (Lipinski definition) is 0. The Bertz CT molecular complexity index is 642. The van der Waals surface area contributed by atoms with E-state index < -0.39 is 0 Å². The molecule has 0 N–H and O–H groups in total. The highest BCUT2D eigenvalue weighted by molar-refractivity contribution is 5.74. The van der Waals surface area contributed by atoms with Gasteiger partial charge < -0.3 is 0 Å². The summed E-state index contributed by atoms with van der Waals surface area (Å²) in [6.07, 6.45) is 10.0. The van der Waals surface area contributed by atoms with Crippen molar-refractivity contribution in [2.24, 2.45) is 0 Å². The molecule has 0 amide bonds. The maximum Gasteiger partial charge on any atom is -0.0178 e. The minimum atomic E-state index is 1.10. The second-order valence-electron chi connectivity index (χ2n) is 5.29. The second-order valence-corrected chi connectivity index (χ2v) is 5.29. The summed E-state index contributed by atoms with van der Waals surface area (Å²) in [7, 11) is 0. The number of aryl methyl sites for hydroxylation is 1. The van der Waals surface area contributed by atoms with Gasteiger partial charge in [-0.25, -0.2) is 0 Å². The summed E-state index contributed by atoms with van der Waals surface area (Å²) >= 11 is 0. The first-order valence-corrected chi connectivity index (χ1v) is 7.42. The summed E-state index contributed by atoms with van der Waals surface area (Å²) < 4.78 is 0. The molecule has 0 saturated heterocycles. The van der Waals surface area contributed by atoms with Gasteiger partial charge in [0, 0.05) is 0 Å². The minimum absolute atomic E-state index is 1.10. The Morgan fingerprint density at radius 1 is 0.900 bits per heavy atom. The molecular weight excluding hydrogens is 240 g/mol. The lowest BCUT2D eigenvalue weighted by atomic mass is 9.94. The molecule has 0 aliphatic heterocycles. The smallest absolute Gasteiger partial charge is 0.0178 e. The van der Waals surface area contributed by atoms with E-state index >= 15 is 0 Å². The zero-order chi connectivity index (χ0) is 13.8. The van der Waals surface area contributed by atoms with Crippen LogP contribution in [0.3, 0.4) is 0 Å². The normalized spacial score (nSPS) is 14.2. The van der Waals surface area contributed by atoms with Gasteiger partial charge in [0.05, 0.1) is 0 Å². The van der Waals surface area contributed by atoms with Crippen LogP contribution in [0, 0.1) is 0 Å². The van der Waals surface area contributed by atoms with Crippen LogP contribution in [0.25, 0.3) is 16.7 Å². The van der Waals surface area contributed by atoms with E-state index in [0.29, 0.717) is 0 Å². The Balaban J connectivity index is 1.94. The lowest BCUT2D eigenvalue weighted by Gasteiger charge is -2.11. The van der Waals surface area contributed by atoms with Crippen molar-refractivity contribution in [3.63, 3.8) is 0 Å². The third kappa shape index (κ3) is 2.75. The van der Waals surface area contributed by atoms with Gasteiger partial charge >= 0.3 is 0 Å². The number of benzene rings is 2. The Kier molecular flexibility index (Phi) is 3.83. The first-order chi connectivity index (χ1) is 9.86. The van der Waals surface area contributed by atoms with E-state index in [0.717, 1.165) is 19.3 Å². The SMILES string of the molecule is CCc1ccc(-c2cccc(C3=CC=CCC3)c2)cc1. The molecule has 0 heteroatoms. The van der Waals surface area contributed by atoms with Gasteiger partial charge in [0.15, 0.2) is 0 Å². The van der Waals surface area contributed by atoms with Gasteiger partial charge in [-0.1, -0.05) is 67.6 Å². The fourth-order valence-electron chi connectivity index (χ4n) is 2.67. The topological polar surface area (TPSA) is 0 Å². The zero-order valence-electron chi connectivity index (χ0n) is 12.0. The highest BCUT2D eigenvalue weighted by Crippen LogP contribution is 2.28. The highest BCUT2D eigenvalue weighted by atomic mass is 14.1. The number of rotatable bonds is 3. The van der Waals surface area contributed by atoms with Crippen LogP contribution < -0.4 is 0 Å². The molecule has 0 heterocycles. The van der Waals surface area contributed by atoms with Crippen molar-refractivity contribution in [1.82, 2.24) is 0 Å². The van der Waals surface area contributed by atoms with Crippen LogP contribution in [0.4, 0.5) is 0 Å². The molecule has 0 unspecified atom stereocenters. The minimum Gasteiger partial charge on any atom is -0.0842 e. The van der Waals surface area contributed by atoms with Crippen molar-refractivity contribution in [2.45, 2.75) is 26.2 Å². The molecule has 0 fully saturated rings. The van der Waals surface area contributed by atoms with Crippen LogP contribution in [-0.2, 0) is 6.42 Å². The maximum atomic E-state index is 2.31. The van der Waals surface area contributed by atoms with E-state index in [1.807, 2.05) is 0 Å². The summed E-state index contributed by atoms with van der Waals surface area (Å²) in [6, 6.07) is 17.8. The molecule has 2 aromatic rings. The average molecular weight is 260 g/mol. The molecule has 0 saturated carbocycles. The second kappa shape index (κ2) is 5.92. The molecule has 0 radical (unpaired) electrons. The fourth-order valence-corrected chi connectivity index (χ4v) is 2.67. The van der Waals surface area contributed by atoms with Crippen molar-refractivity contribution in [3.05, 3.63) is 77.9 Å². The molecule has 0 atom stereocenters. The van der Waals surface area contributed by atoms with E-state index in [1.165, 1.54) is 27.8 Å². The summed E-state index contributed by atoms with van der Waals surface area (Å²) in [6.45, 7) is 2.19. The molecule has 0 bridgehead atoms. The van der Waals surface area contributed by atoms with Crippen LogP contribution in [-0.4, -0.2) is 0 Å². The lowest BCUT2D eigenvalue weighted by Crippen LogP contribution is -1.89. The monoisotopic (exact) mass is 260 g/mol. The van der Waals surface area contributed by atoms with Gasteiger partial charge in [-0.15, -0.1) is 0 Å². The standard InChI is InChI=1S/C20H20/c1-2-16-11-13-18(14-12-16)20-10-6-9-19(15-20)17-7-4-3-5-8-17/h3-4,6-7,9-15H,2,5,8H2,1H3. The number of allylic oxidation sites excluding steroid dienone is 4.